The van der Waals surface area contributed by atoms with Gasteiger partial charge in [0.25, 0.3) is 0 Å². The first-order chi connectivity index (χ1) is 4.81. The van der Waals surface area contributed by atoms with Crippen LogP contribution in [0.1, 0.15) is 26.2 Å². The van der Waals surface area contributed by atoms with E-state index in [0.29, 0.717) is 0 Å². The molecule has 3 heteroatoms. The van der Waals surface area contributed by atoms with Gasteiger partial charge in [0, 0.05) is 13.1 Å². The van der Waals surface area contributed by atoms with Crippen molar-refractivity contribution in [2.75, 3.05) is 19.6 Å². The van der Waals surface area contributed by atoms with E-state index in [0.717, 1.165) is 19.5 Å². The molecule has 1 unspecified atom stereocenters. The van der Waals surface area contributed by atoms with Crippen LogP contribution in [0.3, 0.4) is 0 Å². The van der Waals surface area contributed by atoms with Crippen LogP contribution in [0.4, 0.5) is 0 Å². The van der Waals surface area contributed by atoms with E-state index in [2.05, 4.69) is 21.0 Å². The summed E-state index contributed by atoms with van der Waals surface area (Å²) in [7, 11) is 2.74. The molecule has 0 spiro atoms. The predicted molar refractivity (Wildman–Crippen MR) is 49.9 cm³/mol. The lowest BCUT2D eigenvalue weighted by Gasteiger charge is -2.14. The number of unbranched alkanes of at least 4 members (excludes halogenated alkanes) is 1. The van der Waals surface area contributed by atoms with Crippen LogP contribution in [0.5, 0.6) is 0 Å². The highest BCUT2D eigenvalue weighted by atomic mass is 31.0. The molecule has 10 heavy (non-hydrogen) atoms. The monoisotopic (exact) mass is 162 g/mol. The summed E-state index contributed by atoms with van der Waals surface area (Å²) in [6.07, 6.45) is 3.66. The Morgan fingerprint density at radius 2 is 1.90 bits per heavy atom. The summed E-state index contributed by atoms with van der Waals surface area (Å²) < 4.78 is 2.26. The molecule has 0 aliphatic heterocycles. The fourth-order valence-corrected chi connectivity index (χ4v) is 1.13. The molecule has 0 rings (SSSR count). The van der Waals surface area contributed by atoms with Crippen molar-refractivity contribution in [3.8, 4) is 0 Å². The first kappa shape index (κ1) is 10.3. The van der Waals surface area contributed by atoms with Gasteiger partial charge in [-0.2, -0.15) is 0 Å². The van der Waals surface area contributed by atoms with E-state index < -0.39 is 0 Å². The highest BCUT2D eigenvalue weighted by molar-refractivity contribution is 7.13. The summed E-state index contributed by atoms with van der Waals surface area (Å²) in [4.78, 5) is 0. The maximum absolute atomic E-state index is 5.37. The van der Waals surface area contributed by atoms with Gasteiger partial charge in [0.05, 0.1) is 0 Å². The van der Waals surface area contributed by atoms with Gasteiger partial charge in [-0.25, -0.2) is 0 Å². The van der Waals surface area contributed by atoms with E-state index in [1.807, 2.05) is 0 Å². The molecule has 0 radical (unpaired) electrons. The van der Waals surface area contributed by atoms with Gasteiger partial charge in [0.2, 0.25) is 0 Å². The van der Waals surface area contributed by atoms with E-state index in [4.69, 9.17) is 5.73 Å². The predicted octanol–water partition coefficient (Wildman–Crippen LogP) is 1.23. The Bertz CT molecular complexity index is 60.6. The van der Waals surface area contributed by atoms with Gasteiger partial charge in [-0.3, -0.25) is 4.67 Å². The van der Waals surface area contributed by atoms with Gasteiger partial charge in [-0.05, 0) is 19.4 Å². The quantitative estimate of drug-likeness (QED) is 0.595. The van der Waals surface area contributed by atoms with Gasteiger partial charge in [0.1, 0.15) is 0 Å². The molecule has 0 saturated heterocycles. The number of rotatable bonds is 6. The van der Waals surface area contributed by atoms with Crippen molar-refractivity contribution in [3.63, 3.8) is 0 Å². The molecule has 0 aliphatic rings. The van der Waals surface area contributed by atoms with E-state index in [1.165, 1.54) is 19.4 Å². The Morgan fingerprint density at radius 3 is 2.40 bits per heavy atom. The lowest BCUT2D eigenvalue weighted by Crippen LogP contribution is -2.17. The molecule has 2 nitrogen and oxygen atoms in total. The Hall–Kier alpha value is 0.350. The zero-order chi connectivity index (χ0) is 7.82. The molecule has 2 N–H and O–H groups in total. The van der Waals surface area contributed by atoms with Gasteiger partial charge in [0.15, 0.2) is 0 Å². The molecule has 0 fully saturated rings. The summed E-state index contributed by atoms with van der Waals surface area (Å²) in [5, 5.41) is 0. The maximum Gasteiger partial charge on any atom is 0.00282 e. The molecule has 0 bridgehead atoms. The second kappa shape index (κ2) is 7.46. The van der Waals surface area contributed by atoms with Gasteiger partial charge in [-0.1, -0.05) is 22.7 Å². The maximum atomic E-state index is 5.37. The SMILES string of the molecule is CCCCN(P)CCCN. The molecule has 0 saturated carbocycles. The third kappa shape index (κ3) is 6.47. The summed E-state index contributed by atoms with van der Waals surface area (Å²) in [5.74, 6) is 0. The van der Waals surface area contributed by atoms with Crippen molar-refractivity contribution in [2.45, 2.75) is 26.2 Å². The highest BCUT2D eigenvalue weighted by Crippen LogP contribution is 2.01. The average Bonchev–Trinajstić information content (AvgIpc) is 1.97. The largest absolute Gasteiger partial charge is 0.330 e. The Morgan fingerprint density at radius 1 is 1.30 bits per heavy atom. The molecule has 0 heterocycles. The third-order valence-electron chi connectivity index (χ3n) is 1.45. The van der Waals surface area contributed by atoms with Crippen LogP contribution in [0.25, 0.3) is 0 Å². The van der Waals surface area contributed by atoms with Crippen molar-refractivity contribution in [3.05, 3.63) is 0 Å². The third-order valence-corrected chi connectivity index (χ3v) is 1.96. The number of nitrogens with zero attached hydrogens (tertiary/aromatic N) is 1. The van der Waals surface area contributed by atoms with Crippen molar-refractivity contribution in [2.24, 2.45) is 5.73 Å². The summed E-state index contributed by atoms with van der Waals surface area (Å²) in [5.41, 5.74) is 5.37. The molecule has 0 aliphatic carbocycles. The molecule has 0 amide bonds. The van der Waals surface area contributed by atoms with Crippen LogP contribution < -0.4 is 5.73 Å². The fraction of sp³-hybridized carbons (Fsp3) is 1.00. The lowest BCUT2D eigenvalue weighted by atomic mass is 10.3. The van der Waals surface area contributed by atoms with Gasteiger partial charge < -0.3 is 5.73 Å². The van der Waals surface area contributed by atoms with Crippen molar-refractivity contribution in [1.82, 2.24) is 4.67 Å². The number of hydrogen-bond acceptors (Lipinski definition) is 2. The highest BCUT2D eigenvalue weighted by Gasteiger charge is 1.94. The minimum atomic E-state index is 0.803. The van der Waals surface area contributed by atoms with E-state index in [1.54, 1.807) is 0 Å². The van der Waals surface area contributed by atoms with Crippen LogP contribution in [-0.4, -0.2) is 24.3 Å². The molecular formula is C7H19N2P. The molecule has 1 atom stereocenters. The Kier molecular flexibility index (Phi) is 7.72. The smallest absolute Gasteiger partial charge is 0.00282 e. The van der Waals surface area contributed by atoms with E-state index in [9.17, 15) is 0 Å². The average molecular weight is 162 g/mol. The van der Waals surface area contributed by atoms with E-state index >= 15 is 0 Å². The number of nitrogens with two attached hydrogens (primary N) is 1. The number of hydrogen-bond donors (Lipinski definition) is 1. The Balaban J connectivity index is 3.00. The second-order valence-electron chi connectivity index (χ2n) is 2.53. The normalized spacial score (nSPS) is 10.8. The summed E-state index contributed by atoms with van der Waals surface area (Å²) >= 11 is 0. The molecule has 0 aromatic rings. The summed E-state index contributed by atoms with van der Waals surface area (Å²) in [6.45, 7) is 5.31. The van der Waals surface area contributed by atoms with Crippen molar-refractivity contribution < 1.29 is 0 Å². The second-order valence-corrected chi connectivity index (χ2v) is 3.26. The summed E-state index contributed by atoms with van der Waals surface area (Å²) in [6, 6.07) is 0. The van der Waals surface area contributed by atoms with Crippen LogP contribution >= 0.6 is 9.39 Å². The Labute approximate surface area is 66.4 Å². The van der Waals surface area contributed by atoms with Crippen LogP contribution in [-0.2, 0) is 0 Å². The van der Waals surface area contributed by atoms with Crippen molar-refractivity contribution in [1.29, 1.82) is 0 Å². The molecule has 0 aromatic carbocycles. The first-order valence-electron chi connectivity index (χ1n) is 4.01. The lowest BCUT2D eigenvalue weighted by molar-refractivity contribution is 0.448. The van der Waals surface area contributed by atoms with Crippen LogP contribution in [0.2, 0.25) is 0 Å². The molecule has 0 aromatic heterocycles. The van der Waals surface area contributed by atoms with Crippen LogP contribution in [0, 0.1) is 0 Å². The van der Waals surface area contributed by atoms with Gasteiger partial charge in [-0.15, -0.1) is 0 Å². The van der Waals surface area contributed by atoms with E-state index in [-0.39, 0.29) is 0 Å². The molecular weight excluding hydrogens is 143 g/mol. The topological polar surface area (TPSA) is 29.3 Å². The fourth-order valence-electron chi connectivity index (χ4n) is 0.767. The minimum Gasteiger partial charge on any atom is -0.330 e. The van der Waals surface area contributed by atoms with Gasteiger partial charge >= 0.3 is 0 Å². The molecule has 62 valence electrons. The zero-order valence-corrected chi connectivity index (χ0v) is 8.00. The standard InChI is InChI=1S/C7H19N2P/c1-2-3-6-9(10)7-4-5-8/h2-8,10H2,1H3. The zero-order valence-electron chi connectivity index (χ0n) is 6.84. The minimum absolute atomic E-state index is 0.803. The van der Waals surface area contributed by atoms with Crippen LogP contribution in [0.15, 0.2) is 0 Å². The van der Waals surface area contributed by atoms with Crippen molar-refractivity contribution >= 4 is 9.39 Å². The first-order valence-corrected chi connectivity index (χ1v) is 4.52.